The number of alkyl carbamates (subject to hydrolysis) is 1. The summed E-state index contributed by atoms with van der Waals surface area (Å²) in [5, 5.41) is 14.3. The fraction of sp³-hybridized carbons (Fsp3) is 0.286. The molecule has 2 rings (SSSR count). The minimum absolute atomic E-state index is 0.0140. The molecule has 0 spiro atoms. The number of hydrogen-bond donors (Lipinski definition) is 3. The van der Waals surface area contributed by atoms with E-state index in [2.05, 4.69) is 26.6 Å². The topological polar surface area (TPSA) is 114 Å². The summed E-state index contributed by atoms with van der Waals surface area (Å²) in [4.78, 5) is 36.6. The molecule has 8 nitrogen and oxygen atoms in total. The van der Waals surface area contributed by atoms with E-state index in [0.29, 0.717) is 0 Å². The molecule has 30 heavy (non-hydrogen) atoms. The fourth-order valence-electron chi connectivity index (χ4n) is 2.61. The average Bonchev–Trinajstić information content (AvgIpc) is 2.75. The number of methoxy groups -OCH3 is 1. The summed E-state index contributed by atoms with van der Waals surface area (Å²) in [7, 11) is 1.21. The Kier molecular flexibility index (Phi) is 9.30. The lowest BCUT2D eigenvalue weighted by Gasteiger charge is -2.21. The lowest BCUT2D eigenvalue weighted by molar-refractivity contribution is -0.145. The zero-order valence-corrected chi connectivity index (χ0v) is 17.9. The first-order chi connectivity index (χ1) is 14.4. The highest BCUT2D eigenvalue weighted by atomic mass is 79.9. The molecule has 0 bridgehead atoms. The van der Waals surface area contributed by atoms with Gasteiger partial charge in [-0.3, -0.25) is 4.79 Å². The molecule has 2 aromatic rings. The van der Waals surface area contributed by atoms with E-state index in [0.717, 1.165) is 15.6 Å². The maximum absolute atomic E-state index is 12.5. The molecule has 0 unspecified atom stereocenters. The van der Waals surface area contributed by atoms with Crippen LogP contribution >= 0.6 is 15.9 Å². The maximum atomic E-state index is 12.5. The first-order valence-corrected chi connectivity index (χ1v) is 9.93. The summed E-state index contributed by atoms with van der Waals surface area (Å²) in [6.45, 7) is -0.656. The third-order valence-electron chi connectivity index (χ3n) is 4.13. The molecule has 2 aromatic carbocycles. The molecule has 0 aromatic heterocycles. The number of aliphatic hydroxyl groups excluding tert-OH is 1. The molecule has 160 valence electrons. The molecule has 0 heterocycles. The SMILES string of the molecule is COC(=O)[C@@H](Cc1cccc(Br)c1)NC(=O)[C@H](CO)NC(=O)OCc1ccccc1. The number of halogens is 1. The largest absolute Gasteiger partial charge is 0.467 e. The van der Waals surface area contributed by atoms with Crippen LogP contribution in [0.25, 0.3) is 0 Å². The van der Waals surface area contributed by atoms with Crippen molar-refractivity contribution in [2.75, 3.05) is 13.7 Å². The third kappa shape index (κ3) is 7.49. The third-order valence-corrected chi connectivity index (χ3v) is 4.63. The molecule has 0 radical (unpaired) electrons. The van der Waals surface area contributed by atoms with Gasteiger partial charge in [0.15, 0.2) is 0 Å². The standard InChI is InChI=1S/C21H23BrN2O6/c1-29-20(27)17(11-15-8-5-9-16(22)10-15)23-19(26)18(12-25)24-21(28)30-13-14-6-3-2-4-7-14/h2-10,17-18,25H,11-13H2,1H3,(H,23,26)(H,24,28)/t17-,18+/m1/s1. The Morgan fingerprint density at radius 2 is 1.70 bits per heavy atom. The normalized spacial score (nSPS) is 12.4. The molecule has 3 N–H and O–H groups in total. The predicted octanol–water partition coefficient (Wildman–Crippen LogP) is 1.94. The molecular formula is C21H23BrN2O6. The number of aliphatic hydroxyl groups is 1. The Morgan fingerprint density at radius 1 is 1.00 bits per heavy atom. The van der Waals surface area contributed by atoms with Gasteiger partial charge in [0.05, 0.1) is 13.7 Å². The number of carbonyl (C=O) groups is 3. The van der Waals surface area contributed by atoms with Crippen molar-refractivity contribution in [1.82, 2.24) is 10.6 Å². The lowest BCUT2D eigenvalue weighted by Crippen LogP contribution is -2.54. The zero-order valence-electron chi connectivity index (χ0n) is 16.3. The van der Waals surface area contributed by atoms with Crippen LogP contribution in [0.3, 0.4) is 0 Å². The molecule has 2 amide bonds. The van der Waals surface area contributed by atoms with Crippen molar-refractivity contribution in [2.45, 2.75) is 25.1 Å². The van der Waals surface area contributed by atoms with E-state index in [-0.39, 0.29) is 13.0 Å². The van der Waals surface area contributed by atoms with Crippen molar-refractivity contribution >= 4 is 33.9 Å². The highest BCUT2D eigenvalue weighted by molar-refractivity contribution is 9.10. The van der Waals surface area contributed by atoms with Gasteiger partial charge in [0.2, 0.25) is 5.91 Å². The molecule has 0 aliphatic heterocycles. The number of hydrogen-bond acceptors (Lipinski definition) is 6. The van der Waals surface area contributed by atoms with Crippen LogP contribution in [0.15, 0.2) is 59.1 Å². The van der Waals surface area contributed by atoms with E-state index in [4.69, 9.17) is 9.47 Å². The van der Waals surface area contributed by atoms with Crippen LogP contribution < -0.4 is 10.6 Å². The van der Waals surface area contributed by atoms with Gasteiger partial charge in [-0.25, -0.2) is 9.59 Å². The number of esters is 1. The van der Waals surface area contributed by atoms with Crippen LogP contribution in [0.4, 0.5) is 4.79 Å². The first-order valence-electron chi connectivity index (χ1n) is 9.13. The summed E-state index contributed by atoms with van der Waals surface area (Å²) in [5.74, 6) is -1.38. The summed E-state index contributed by atoms with van der Waals surface area (Å²) in [5.41, 5.74) is 1.56. The van der Waals surface area contributed by atoms with Crippen LogP contribution in [0.2, 0.25) is 0 Å². The summed E-state index contributed by atoms with van der Waals surface area (Å²) in [6.07, 6.45) is -0.691. The van der Waals surface area contributed by atoms with Crippen molar-refractivity contribution in [2.24, 2.45) is 0 Å². The molecule has 2 atom stereocenters. The van der Waals surface area contributed by atoms with Crippen LogP contribution in [0.5, 0.6) is 0 Å². The summed E-state index contributed by atoms with van der Waals surface area (Å²) >= 11 is 3.35. The van der Waals surface area contributed by atoms with Gasteiger partial charge < -0.3 is 25.2 Å². The number of carbonyl (C=O) groups excluding carboxylic acids is 3. The van der Waals surface area contributed by atoms with Crippen molar-refractivity contribution in [1.29, 1.82) is 0 Å². The van der Waals surface area contributed by atoms with Crippen LogP contribution in [0.1, 0.15) is 11.1 Å². The maximum Gasteiger partial charge on any atom is 0.408 e. The molecule has 0 fully saturated rings. The minimum atomic E-state index is -1.29. The van der Waals surface area contributed by atoms with Crippen molar-refractivity contribution < 1.29 is 29.0 Å². The molecule has 9 heteroatoms. The van der Waals surface area contributed by atoms with Gasteiger partial charge in [-0.2, -0.15) is 0 Å². The van der Waals surface area contributed by atoms with Crippen LogP contribution in [0, 0.1) is 0 Å². The highest BCUT2D eigenvalue weighted by Gasteiger charge is 2.27. The number of nitrogens with one attached hydrogen (secondary N) is 2. The van der Waals surface area contributed by atoms with Crippen molar-refractivity contribution in [3.05, 3.63) is 70.2 Å². The number of rotatable bonds is 9. The number of ether oxygens (including phenoxy) is 2. The van der Waals surface area contributed by atoms with E-state index in [9.17, 15) is 19.5 Å². The number of amides is 2. The molecular weight excluding hydrogens is 456 g/mol. The Morgan fingerprint density at radius 3 is 2.33 bits per heavy atom. The Balaban J connectivity index is 1.95. The van der Waals surface area contributed by atoms with Gasteiger partial charge in [0, 0.05) is 10.9 Å². The smallest absolute Gasteiger partial charge is 0.408 e. The van der Waals surface area contributed by atoms with Gasteiger partial charge in [0.1, 0.15) is 18.7 Å². The molecule has 0 aliphatic rings. The Hall–Kier alpha value is -2.91. The Bertz CT molecular complexity index is 862. The van der Waals surface area contributed by atoms with Crippen LogP contribution in [-0.2, 0) is 32.1 Å². The summed E-state index contributed by atoms with van der Waals surface area (Å²) < 4.78 is 10.6. The van der Waals surface area contributed by atoms with Crippen molar-refractivity contribution in [3.63, 3.8) is 0 Å². The fourth-order valence-corrected chi connectivity index (χ4v) is 3.06. The molecule has 0 saturated carbocycles. The highest BCUT2D eigenvalue weighted by Crippen LogP contribution is 2.13. The zero-order chi connectivity index (χ0) is 21.9. The van der Waals surface area contributed by atoms with E-state index >= 15 is 0 Å². The van der Waals surface area contributed by atoms with Gasteiger partial charge >= 0.3 is 12.1 Å². The predicted molar refractivity (Wildman–Crippen MR) is 112 cm³/mol. The molecule has 0 aliphatic carbocycles. The second kappa shape index (κ2) is 11.9. The first kappa shape index (κ1) is 23.4. The van der Waals surface area contributed by atoms with Gasteiger partial charge in [0.25, 0.3) is 0 Å². The molecule has 0 saturated heterocycles. The van der Waals surface area contributed by atoms with E-state index in [1.807, 2.05) is 18.2 Å². The van der Waals surface area contributed by atoms with E-state index in [1.54, 1.807) is 36.4 Å². The van der Waals surface area contributed by atoms with Gasteiger partial charge in [-0.05, 0) is 23.3 Å². The van der Waals surface area contributed by atoms with Crippen LogP contribution in [-0.4, -0.2) is 48.9 Å². The second-order valence-corrected chi connectivity index (χ2v) is 7.28. The second-order valence-electron chi connectivity index (χ2n) is 6.36. The average molecular weight is 479 g/mol. The van der Waals surface area contributed by atoms with Gasteiger partial charge in [-0.15, -0.1) is 0 Å². The van der Waals surface area contributed by atoms with E-state index in [1.165, 1.54) is 7.11 Å². The quantitative estimate of drug-likeness (QED) is 0.474. The van der Waals surface area contributed by atoms with Crippen molar-refractivity contribution in [3.8, 4) is 0 Å². The van der Waals surface area contributed by atoms with Gasteiger partial charge in [-0.1, -0.05) is 58.4 Å². The minimum Gasteiger partial charge on any atom is -0.467 e. The Labute approximate surface area is 182 Å². The summed E-state index contributed by atoms with van der Waals surface area (Å²) in [6, 6.07) is 14.0. The number of benzene rings is 2. The lowest BCUT2D eigenvalue weighted by atomic mass is 10.1. The van der Waals surface area contributed by atoms with E-state index < -0.39 is 36.7 Å². The monoisotopic (exact) mass is 478 g/mol.